The molecule has 5 nitrogen and oxygen atoms in total. The van der Waals surface area contributed by atoms with Crippen LogP contribution >= 0.6 is 11.6 Å². The summed E-state index contributed by atoms with van der Waals surface area (Å²) in [6.45, 7) is 3.69. The summed E-state index contributed by atoms with van der Waals surface area (Å²) in [5, 5.41) is 8.47. The lowest BCUT2D eigenvalue weighted by Gasteiger charge is -2.17. The lowest BCUT2D eigenvalue weighted by Crippen LogP contribution is -2.30. The predicted octanol–water partition coefficient (Wildman–Crippen LogP) is 2.25. The van der Waals surface area contributed by atoms with Crippen LogP contribution in [0.1, 0.15) is 27.5 Å². The first kappa shape index (κ1) is 15.9. The number of amides is 1. The maximum absolute atomic E-state index is 12.7. The molecule has 2 N–H and O–H groups in total. The van der Waals surface area contributed by atoms with Crippen molar-refractivity contribution in [1.82, 2.24) is 15.1 Å². The first-order chi connectivity index (χ1) is 11.1. The van der Waals surface area contributed by atoms with Gasteiger partial charge in [0, 0.05) is 24.0 Å². The summed E-state index contributed by atoms with van der Waals surface area (Å²) >= 11 is 5.96. The summed E-state index contributed by atoms with van der Waals surface area (Å²) in [6, 6.07) is 9.56. The van der Waals surface area contributed by atoms with Crippen LogP contribution in [-0.2, 0) is 0 Å². The lowest BCUT2D eigenvalue weighted by atomic mass is 9.89. The van der Waals surface area contributed by atoms with Gasteiger partial charge in [-0.2, -0.15) is 10.2 Å². The van der Waals surface area contributed by atoms with Gasteiger partial charge >= 0.3 is 0 Å². The maximum Gasteiger partial charge on any atom is 0.255 e. The van der Waals surface area contributed by atoms with E-state index < -0.39 is 0 Å². The van der Waals surface area contributed by atoms with Crippen molar-refractivity contribution in [3.63, 3.8) is 0 Å². The number of carbonyl (C=O) groups excluding carboxylic acids is 1. The monoisotopic (exact) mass is 330 g/mol. The fourth-order valence-electron chi connectivity index (χ4n) is 3.14. The molecule has 1 amide bonds. The summed E-state index contributed by atoms with van der Waals surface area (Å²) < 4.78 is 0. The summed E-state index contributed by atoms with van der Waals surface area (Å²) in [7, 11) is 0. The largest absolute Gasteiger partial charge is 0.338 e. The molecule has 0 spiro atoms. The number of nitrogens with two attached hydrogens (primary N) is 1. The highest BCUT2D eigenvalue weighted by Gasteiger charge is 2.35. The van der Waals surface area contributed by atoms with Crippen LogP contribution in [0.15, 0.2) is 36.5 Å². The van der Waals surface area contributed by atoms with E-state index in [0.717, 1.165) is 5.69 Å². The van der Waals surface area contributed by atoms with Crippen LogP contribution in [0.4, 0.5) is 0 Å². The highest BCUT2D eigenvalue weighted by atomic mass is 35.5. The van der Waals surface area contributed by atoms with E-state index in [-0.39, 0.29) is 17.7 Å². The molecule has 2 heterocycles. The number of carbonyl (C=O) groups is 1. The second-order valence-electron chi connectivity index (χ2n) is 5.95. The summed E-state index contributed by atoms with van der Waals surface area (Å²) in [4.78, 5) is 14.5. The second kappa shape index (κ2) is 6.64. The van der Waals surface area contributed by atoms with Gasteiger partial charge in [0.15, 0.2) is 0 Å². The van der Waals surface area contributed by atoms with E-state index in [0.29, 0.717) is 30.2 Å². The van der Waals surface area contributed by atoms with Crippen molar-refractivity contribution in [2.24, 2.45) is 11.7 Å². The third-order valence-corrected chi connectivity index (χ3v) is 4.60. The van der Waals surface area contributed by atoms with Gasteiger partial charge < -0.3 is 10.6 Å². The van der Waals surface area contributed by atoms with E-state index in [1.807, 2.05) is 36.1 Å². The molecule has 0 saturated carbocycles. The average molecular weight is 331 g/mol. The molecule has 120 valence electrons. The Kier molecular flexibility index (Phi) is 4.59. The minimum atomic E-state index is -0.0158. The standard InChI is InChI=1S/C17H19ClN4O/c1-11-6-13(8-20-21-11)17(23)22-9-14(7-19)16(10-22)12-2-4-15(18)5-3-12/h2-6,8,14,16H,7,9-10,19H2,1H3. The van der Waals surface area contributed by atoms with E-state index in [4.69, 9.17) is 17.3 Å². The zero-order chi connectivity index (χ0) is 16.4. The molecule has 2 atom stereocenters. The van der Waals surface area contributed by atoms with Crippen molar-refractivity contribution >= 4 is 17.5 Å². The summed E-state index contributed by atoms with van der Waals surface area (Å²) in [5.41, 5.74) is 8.41. The van der Waals surface area contributed by atoms with Crippen LogP contribution in [0.3, 0.4) is 0 Å². The highest BCUT2D eigenvalue weighted by molar-refractivity contribution is 6.30. The van der Waals surface area contributed by atoms with Gasteiger partial charge in [0.1, 0.15) is 0 Å². The van der Waals surface area contributed by atoms with Gasteiger partial charge in [0.25, 0.3) is 5.91 Å². The number of likely N-dealkylation sites (tertiary alicyclic amines) is 1. The SMILES string of the molecule is Cc1cc(C(=O)N2CC(CN)C(c3ccc(Cl)cc3)C2)cnn1. The first-order valence-electron chi connectivity index (χ1n) is 7.62. The zero-order valence-corrected chi connectivity index (χ0v) is 13.7. The number of rotatable bonds is 3. The Balaban J connectivity index is 1.81. The van der Waals surface area contributed by atoms with Gasteiger partial charge in [-0.1, -0.05) is 23.7 Å². The number of hydrogen-bond donors (Lipinski definition) is 1. The molecular formula is C17H19ClN4O. The van der Waals surface area contributed by atoms with Gasteiger partial charge in [-0.3, -0.25) is 4.79 Å². The molecule has 1 aliphatic rings. The van der Waals surface area contributed by atoms with E-state index in [1.54, 1.807) is 6.07 Å². The third kappa shape index (κ3) is 3.35. The van der Waals surface area contributed by atoms with Crippen LogP contribution < -0.4 is 5.73 Å². The molecule has 1 fully saturated rings. The Morgan fingerprint density at radius 1 is 1.35 bits per heavy atom. The molecule has 23 heavy (non-hydrogen) atoms. The fourth-order valence-corrected chi connectivity index (χ4v) is 3.26. The molecule has 3 rings (SSSR count). The molecule has 0 radical (unpaired) electrons. The van der Waals surface area contributed by atoms with Crippen molar-refractivity contribution in [1.29, 1.82) is 0 Å². The zero-order valence-electron chi connectivity index (χ0n) is 12.9. The molecule has 0 bridgehead atoms. The van der Waals surface area contributed by atoms with Crippen molar-refractivity contribution in [2.45, 2.75) is 12.8 Å². The number of halogens is 1. The van der Waals surface area contributed by atoms with Crippen LogP contribution in [-0.4, -0.2) is 40.6 Å². The fraction of sp³-hybridized carbons (Fsp3) is 0.353. The third-order valence-electron chi connectivity index (χ3n) is 4.35. The topological polar surface area (TPSA) is 72.1 Å². The second-order valence-corrected chi connectivity index (χ2v) is 6.39. The maximum atomic E-state index is 12.7. The van der Waals surface area contributed by atoms with E-state index in [2.05, 4.69) is 10.2 Å². The Bertz CT molecular complexity index is 704. The summed E-state index contributed by atoms with van der Waals surface area (Å²) in [5.74, 6) is 0.464. The number of nitrogens with zero attached hydrogens (tertiary/aromatic N) is 3. The van der Waals surface area contributed by atoms with Gasteiger partial charge in [0.05, 0.1) is 17.5 Å². The van der Waals surface area contributed by atoms with E-state index in [9.17, 15) is 4.79 Å². The lowest BCUT2D eigenvalue weighted by molar-refractivity contribution is 0.0785. The van der Waals surface area contributed by atoms with Crippen molar-refractivity contribution in [3.05, 3.63) is 58.4 Å². The molecule has 1 saturated heterocycles. The van der Waals surface area contributed by atoms with Crippen molar-refractivity contribution < 1.29 is 4.79 Å². The van der Waals surface area contributed by atoms with E-state index >= 15 is 0 Å². The average Bonchev–Trinajstić information content (AvgIpc) is 2.99. The van der Waals surface area contributed by atoms with Crippen molar-refractivity contribution in [2.75, 3.05) is 19.6 Å². The molecule has 6 heteroatoms. The Labute approximate surface area is 140 Å². The van der Waals surface area contributed by atoms with Gasteiger partial charge in [0.2, 0.25) is 0 Å². The van der Waals surface area contributed by atoms with Gasteiger partial charge in [-0.15, -0.1) is 0 Å². The van der Waals surface area contributed by atoms with Crippen LogP contribution in [0.25, 0.3) is 0 Å². The van der Waals surface area contributed by atoms with Crippen molar-refractivity contribution in [3.8, 4) is 0 Å². The smallest absolute Gasteiger partial charge is 0.255 e. The predicted molar refractivity (Wildman–Crippen MR) is 89.4 cm³/mol. The molecule has 1 aromatic heterocycles. The number of aryl methyl sites for hydroxylation is 1. The Hall–Kier alpha value is -1.98. The van der Waals surface area contributed by atoms with Crippen LogP contribution in [0.5, 0.6) is 0 Å². The van der Waals surface area contributed by atoms with E-state index in [1.165, 1.54) is 11.8 Å². The number of benzene rings is 1. The Morgan fingerprint density at radius 2 is 2.09 bits per heavy atom. The quantitative estimate of drug-likeness (QED) is 0.937. The number of hydrogen-bond acceptors (Lipinski definition) is 4. The Morgan fingerprint density at radius 3 is 2.74 bits per heavy atom. The number of aromatic nitrogens is 2. The van der Waals surface area contributed by atoms with Gasteiger partial charge in [-0.25, -0.2) is 0 Å². The first-order valence-corrected chi connectivity index (χ1v) is 8.00. The van der Waals surface area contributed by atoms with Gasteiger partial charge in [-0.05, 0) is 43.1 Å². The molecule has 2 unspecified atom stereocenters. The molecule has 1 aliphatic heterocycles. The summed E-state index contributed by atoms with van der Waals surface area (Å²) in [6.07, 6.45) is 1.52. The normalized spacial score (nSPS) is 20.7. The van der Waals surface area contributed by atoms with Crippen LogP contribution in [0, 0.1) is 12.8 Å². The minimum absolute atomic E-state index is 0.0158. The molecule has 0 aliphatic carbocycles. The minimum Gasteiger partial charge on any atom is -0.338 e. The molecule has 2 aromatic rings. The molecular weight excluding hydrogens is 312 g/mol. The highest BCUT2D eigenvalue weighted by Crippen LogP contribution is 2.33. The van der Waals surface area contributed by atoms with Crippen LogP contribution in [0.2, 0.25) is 5.02 Å². The molecule has 1 aromatic carbocycles.